The molecular formula is C30H30ClN3O9S. The van der Waals surface area contributed by atoms with Gasteiger partial charge in [0.05, 0.1) is 28.0 Å². The molecule has 12 nitrogen and oxygen atoms in total. The molecule has 1 amide bonds. The molecule has 2 N–H and O–H groups in total. The number of ether oxygens (including phenoxy) is 2. The van der Waals surface area contributed by atoms with Gasteiger partial charge in [0, 0.05) is 42.3 Å². The van der Waals surface area contributed by atoms with Crippen LogP contribution in [0.1, 0.15) is 10.8 Å². The van der Waals surface area contributed by atoms with Gasteiger partial charge in [-0.2, -0.15) is 0 Å². The SMILES string of the molecule is COc1ccc(C2Sc3ccccc3N(CCN(C)C)C(=O)C2Oc2ccc([N+](=O)[O-])cc2Cl)cc1.O=C(O)C=CC(=O)O. The number of nitro groups is 1. The molecule has 2 unspecified atom stereocenters. The van der Waals surface area contributed by atoms with Crippen LogP contribution >= 0.6 is 23.4 Å². The van der Waals surface area contributed by atoms with E-state index in [4.69, 9.17) is 31.3 Å². The van der Waals surface area contributed by atoms with Crippen LogP contribution in [0.3, 0.4) is 0 Å². The van der Waals surface area contributed by atoms with Gasteiger partial charge in [0.1, 0.15) is 11.5 Å². The number of hydrogen-bond acceptors (Lipinski definition) is 9. The number of carboxylic acid groups (broad SMARTS) is 2. The third kappa shape index (κ3) is 9.20. The molecule has 14 heteroatoms. The maximum atomic E-state index is 14.1. The third-order valence-electron chi connectivity index (χ3n) is 6.16. The number of carbonyl (C=O) groups excluding carboxylic acids is 1. The molecule has 0 aromatic heterocycles. The summed E-state index contributed by atoms with van der Waals surface area (Å²) in [5.74, 6) is -1.82. The summed E-state index contributed by atoms with van der Waals surface area (Å²) in [5.41, 5.74) is 1.54. The number of hydrogen-bond donors (Lipinski definition) is 2. The molecule has 2 atom stereocenters. The molecule has 3 aromatic carbocycles. The number of amides is 1. The first kappa shape index (κ1) is 33.9. The number of aliphatic carboxylic acids is 2. The lowest BCUT2D eigenvalue weighted by atomic mass is 10.1. The topological polar surface area (TPSA) is 160 Å². The van der Waals surface area contributed by atoms with Crippen LogP contribution in [0.15, 0.2) is 83.8 Å². The van der Waals surface area contributed by atoms with Crippen LogP contribution in [0.2, 0.25) is 5.02 Å². The van der Waals surface area contributed by atoms with Gasteiger partial charge in [0.15, 0.2) is 6.10 Å². The molecule has 0 fully saturated rings. The third-order valence-corrected chi connectivity index (χ3v) is 7.83. The number of carbonyl (C=O) groups is 3. The number of rotatable bonds is 10. The predicted octanol–water partition coefficient (Wildman–Crippen LogP) is 5.16. The zero-order valence-electron chi connectivity index (χ0n) is 24.0. The van der Waals surface area contributed by atoms with E-state index in [-0.39, 0.29) is 22.4 Å². The van der Waals surface area contributed by atoms with Gasteiger partial charge < -0.3 is 29.5 Å². The smallest absolute Gasteiger partial charge is 0.328 e. The fourth-order valence-electron chi connectivity index (χ4n) is 4.04. The van der Waals surface area contributed by atoms with Crippen LogP contribution in [0.4, 0.5) is 11.4 Å². The van der Waals surface area contributed by atoms with Crippen molar-refractivity contribution >= 4 is 52.6 Å². The number of nitrogens with zero attached hydrogens (tertiary/aromatic N) is 3. The molecule has 0 saturated carbocycles. The summed E-state index contributed by atoms with van der Waals surface area (Å²) in [7, 11) is 5.50. The lowest BCUT2D eigenvalue weighted by Gasteiger charge is -2.29. The van der Waals surface area contributed by atoms with Crippen molar-refractivity contribution < 1.29 is 39.0 Å². The summed E-state index contributed by atoms with van der Waals surface area (Å²) < 4.78 is 11.6. The number of para-hydroxylation sites is 1. The van der Waals surface area contributed by atoms with Crippen LogP contribution in [-0.2, 0) is 14.4 Å². The molecule has 1 aliphatic heterocycles. The van der Waals surface area contributed by atoms with E-state index in [1.807, 2.05) is 67.5 Å². The second-order valence-corrected chi connectivity index (χ2v) is 11.1. The van der Waals surface area contributed by atoms with Crippen molar-refractivity contribution in [1.29, 1.82) is 0 Å². The fourth-order valence-corrected chi connectivity index (χ4v) is 5.58. The number of methoxy groups -OCH3 is 1. The highest BCUT2D eigenvalue weighted by molar-refractivity contribution is 7.99. The standard InChI is InChI=1S/C26H26ClN3O5S.C4H4O4/c1-28(2)14-15-29-21-6-4-5-7-23(21)36-25(17-8-11-19(34-3)12-9-17)24(26(29)31)35-22-13-10-18(30(32)33)16-20(22)27;5-3(6)1-2-4(7)8/h4-13,16,24-25H,14-15H2,1-3H3;1-2H,(H,5,6)(H,7,8). The normalized spacial score (nSPS) is 16.0. The van der Waals surface area contributed by atoms with E-state index in [9.17, 15) is 24.5 Å². The summed E-state index contributed by atoms with van der Waals surface area (Å²) >= 11 is 7.89. The number of anilines is 1. The number of nitro benzene ring substituents is 1. The minimum Gasteiger partial charge on any atom is -0.497 e. The highest BCUT2D eigenvalue weighted by atomic mass is 35.5. The average molecular weight is 644 g/mol. The number of likely N-dealkylation sites (N-methyl/N-ethyl adjacent to an activating group) is 1. The van der Waals surface area contributed by atoms with E-state index in [1.165, 1.54) is 30.0 Å². The summed E-state index contributed by atoms with van der Waals surface area (Å²) in [5, 5.41) is 26.4. The number of benzene rings is 3. The Labute approximate surface area is 262 Å². The Morgan fingerprint density at radius 1 is 1.07 bits per heavy atom. The largest absolute Gasteiger partial charge is 0.497 e. The van der Waals surface area contributed by atoms with Gasteiger partial charge in [0.25, 0.3) is 11.6 Å². The minimum absolute atomic E-state index is 0.0667. The Bertz CT molecular complexity index is 1520. The first-order valence-electron chi connectivity index (χ1n) is 13.0. The van der Waals surface area contributed by atoms with Gasteiger partial charge >= 0.3 is 11.9 Å². The second kappa shape index (κ2) is 15.8. The molecule has 3 aromatic rings. The van der Waals surface area contributed by atoms with Crippen molar-refractivity contribution in [1.82, 2.24) is 4.90 Å². The number of non-ortho nitro benzene ring substituents is 1. The number of fused-ring (bicyclic) bond motifs is 1. The van der Waals surface area contributed by atoms with Crippen LogP contribution in [-0.4, -0.2) is 78.3 Å². The quantitative estimate of drug-likeness (QED) is 0.171. The van der Waals surface area contributed by atoms with Gasteiger partial charge in [-0.25, -0.2) is 9.59 Å². The molecule has 0 bridgehead atoms. The number of thioether (sulfide) groups is 1. The highest BCUT2D eigenvalue weighted by Crippen LogP contribution is 2.47. The van der Waals surface area contributed by atoms with E-state index in [0.717, 1.165) is 16.1 Å². The molecule has 44 heavy (non-hydrogen) atoms. The van der Waals surface area contributed by atoms with Crippen LogP contribution in [0.25, 0.3) is 0 Å². The monoisotopic (exact) mass is 643 g/mol. The van der Waals surface area contributed by atoms with E-state index < -0.39 is 28.2 Å². The van der Waals surface area contributed by atoms with E-state index in [0.29, 0.717) is 31.0 Å². The van der Waals surface area contributed by atoms with Crippen LogP contribution in [0.5, 0.6) is 11.5 Å². The van der Waals surface area contributed by atoms with Gasteiger partial charge in [-0.15, -0.1) is 11.8 Å². The molecule has 0 aliphatic carbocycles. The van der Waals surface area contributed by atoms with Gasteiger partial charge in [-0.3, -0.25) is 14.9 Å². The molecule has 0 spiro atoms. The van der Waals surface area contributed by atoms with E-state index in [1.54, 1.807) is 12.0 Å². The number of halogens is 1. The lowest BCUT2D eigenvalue weighted by Crippen LogP contribution is -2.46. The summed E-state index contributed by atoms with van der Waals surface area (Å²) in [6.45, 7) is 1.12. The van der Waals surface area contributed by atoms with Crippen molar-refractivity contribution in [2.24, 2.45) is 0 Å². The number of carboxylic acids is 2. The average Bonchev–Trinajstić information content (AvgIpc) is 3.10. The molecule has 0 saturated heterocycles. The Morgan fingerprint density at radius 3 is 2.25 bits per heavy atom. The maximum Gasteiger partial charge on any atom is 0.328 e. The van der Waals surface area contributed by atoms with Crippen LogP contribution < -0.4 is 14.4 Å². The Balaban J connectivity index is 0.000000583. The van der Waals surface area contributed by atoms with Crippen LogP contribution in [0, 0.1) is 10.1 Å². The summed E-state index contributed by atoms with van der Waals surface area (Å²) in [4.78, 5) is 48.6. The molecular weight excluding hydrogens is 614 g/mol. The second-order valence-electron chi connectivity index (χ2n) is 9.49. The van der Waals surface area contributed by atoms with Gasteiger partial charge in [-0.1, -0.05) is 35.9 Å². The van der Waals surface area contributed by atoms with Gasteiger partial charge in [0.2, 0.25) is 0 Å². The first-order valence-corrected chi connectivity index (χ1v) is 14.3. The first-order chi connectivity index (χ1) is 20.9. The molecule has 1 heterocycles. The highest BCUT2D eigenvalue weighted by Gasteiger charge is 2.40. The van der Waals surface area contributed by atoms with Gasteiger partial charge in [-0.05, 0) is 50.0 Å². The summed E-state index contributed by atoms with van der Waals surface area (Å²) in [6.07, 6.45) is 0.168. The van der Waals surface area contributed by atoms with Crippen molar-refractivity contribution in [2.45, 2.75) is 16.2 Å². The molecule has 0 radical (unpaired) electrons. The van der Waals surface area contributed by atoms with E-state index >= 15 is 0 Å². The zero-order valence-corrected chi connectivity index (χ0v) is 25.5. The fraction of sp³-hybridized carbons (Fsp3) is 0.233. The Hall–Kier alpha value is -4.59. The maximum absolute atomic E-state index is 14.1. The Morgan fingerprint density at radius 2 is 1.70 bits per heavy atom. The zero-order chi connectivity index (χ0) is 32.4. The van der Waals surface area contributed by atoms with Crippen molar-refractivity contribution in [3.8, 4) is 11.5 Å². The van der Waals surface area contributed by atoms with Crippen molar-refractivity contribution in [3.05, 3.63) is 99.6 Å². The molecule has 4 rings (SSSR count). The van der Waals surface area contributed by atoms with Crippen molar-refractivity contribution in [3.63, 3.8) is 0 Å². The van der Waals surface area contributed by atoms with E-state index in [2.05, 4.69) is 0 Å². The van der Waals surface area contributed by atoms with Crippen molar-refractivity contribution in [2.75, 3.05) is 39.2 Å². The summed E-state index contributed by atoms with van der Waals surface area (Å²) in [6, 6.07) is 19.3. The molecule has 1 aliphatic rings. The predicted molar refractivity (Wildman–Crippen MR) is 166 cm³/mol. The Kier molecular flexibility index (Phi) is 12.1. The molecule has 232 valence electrons. The lowest BCUT2D eigenvalue weighted by molar-refractivity contribution is -0.384. The minimum atomic E-state index is -1.26.